The Kier molecular flexibility index (Phi) is 42.1. The number of unbranched alkanes of at least 4 members (excludes halogenated alkanes) is 31. The second-order valence-electron chi connectivity index (χ2n) is 18.6. The summed E-state index contributed by atoms with van der Waals surface area (Å²) in [7, 11) is 1.49. The Morgan fingerprint density at radius 2 is 0.850 bits per heavy atom. The van der Waals surface area contributed by atoms with Crippen LogP contribution in [0.2, 0.25) is 0 Å². The Labute approximate surface area is 371 Å². The normalized spacial score (nSPS) is 13.5. The van der Waals surface area contributed by atoms with Crippen molar-refractivity contribution in [2.75, 3.05) is 47.5 Å². The van der Waals surface area contributed by atoms with Crippen LogP contribution in [0.5, 0.6) is 0 Å². The van der Waals surface area contributed by atoms with E-state index in [4.69, 9.17) is 18.5 Å². The molecule has 356 valence electrons. The molecule has 0 aliphatic heterocycles. The lowest BCUT2D eigenvalue weighted by Crippen LogP contribution is -2.37. The van der Waals surface area contributed by atoms with E-state index in [0.717, 1.165) is 44.9 Å². The van der Waals surface area contributed by atoms with Gasteiger partial charge in [0.05, 0.1) is 27.7 Å². The number of phosphoric ester groups is 1. The van der Waals surface area contributed by atoms with Gasteiger partial charge in [-0.25, -0.2) is 4.57 Å². The van der Waals surface area contributed by atoms with Crippen LogP contribution >= 0.6 is 7.82 Å². The molecule has 2 unspecified atom stereocenters. The van der Waals surface area contributed by atoms with E-state index in [1.807, 2.05) is 21.1 Å². The van der Waals surface area contributed by atoms with Gasteiger partial charge in [0.15, 0.2) is 6.10 Å². The van der Waals surface area contributed by atoms with Gasteiger partial charge in [-0.1, -0.05) is 206 Å². The fourth-order valence-corrected chi connectivity index (χ4v) is 8.05. The Bertz CT molecular complexity index is 1030. The van der Waals surface area contributed by atoms with Crippen LogP contribution in [-0.4, -0.2) is 74.9 Å². The van der Waals surface area contributed by atoms with Crippen molar-refractivity contribution in [1.82, 2.24) is 0 Å². The van der Waals surface area contributed by atoms with Gasteiger partial charge in [0.25, 0.3) is 0 Å². The Hall–Kier alpha value is -1.25. The highest BCUT2D eigenvalue weighted by Crippen LogP contribution is 2.43. The zero-order valence-electron chi connectivity index (χ0n) is 40.2. The first kappa shape index (κ1) is 58.8. The lowest BCUT2D eigenvalue weighted by Gasteiger charge is -2.24. The molecule has 60 heavy (non-hydrogen) atoms. The van der Waals surface area contributed by atoms with Crippen LogP contribution in [0.4, 0.5) is 0 Å². The minimum Gasteiger partial charge on any atom is -0.462 e. The van der Waals surface area contributed by atoms with E-state index >= 15 is 0 Å². The van der Waals surface area contributed by atoms with E-state index < -0.39 is 26.5 Å². The molecule has 0 radical (unpaired) electrons. The van der Waals surface area contributed by atoms with E-state index in [9.17, 15) is 19.0 Å². The molecule has 0 rings (SSSR count). The summed E-state index contributed by atoms with van der Waals surface area (Å²) in [6, 6.07) is 0. The molecule has 2 atom stereocenters. The third-order valence-electron chi connectivity index (χ3n) is 11.3. The number of ether oxygens (including phenoxy) is 2. The number of nitrogens with zero attached hydrogens (tertiary/aromatic N) is 1. The van der Waals surface area contributed by atoms with Crippen molar-refractivity contribution < 1.29 is 42.1 Å². The van der Waals surface area contributed by atoms with Crippen molar-refractivity contribution >= 4 is 19.8 Å². The number of likely N-dealkylation sites (N-methyl/N-ethyl adjacent to an activating group) is 1. The summed E-state index contributed by atoms with van der Waals surface area (Å²) >= 11 is 0. The summed E-state index contributed by atoms with van der Waals surface area (Å²) in [6.07, 6.45) is 47.7. The molecule has 0 aliphatic rings. The zero-order valence-corrected chi connectivity index (χ0v) is 41.1. The standard InChI is InChI=1S/C50H98NO8P/c1-6-8-10-12-13-14-15-16-17-18-19-20-21-22-23-24-25-26-27-28-29-30-31-32-33-34-35-36-37-39-41-43-50(53)59-48(46-56-49(52)42-40-38-11-9-7-2)47-58-60(54,55)57-45-44-51(3,4)5/h18-19,48H,6-17,20-47H2,1-5H3/p+1/b19-18-. The molecule has 9 nitrogen and oxygen atoms in total. The molecular formula is C50H99NO8P+. The number of carbonyl (C=O) groups excluding carboxylic acids is 2. The van der Waals surface area contributed by atoms with E-state index in [1.54, 1.807) is 0 Å². The molecule has 0 saturated heterocycles. The first-order chi connectivity index (χ1) is 29.0. The lowest BCUT2D eigenvalue weighted by molar-refractivity contribution is -0.870. The van der Waals surface area contributed by atoms with Crippen molar-refractivity contribution in [1.29, 1.82) is 0 Å². The number of allylic oxidation sites excluding steroid dienone is 2. The average Bonchev–Trinajstić information content (AvgIpc) is 3.20. The molecule has 0 saturated carbocycles. The maximum Gasteiger partial charge on any atom is 0.472 e. The molecule has 0 aromatic heterocycles. The van der Waals surface area contributed by atoms with Crippen molar-refractivity contribution in [2.45, 2.75) is 251 Å². The average molecular weight is 873 g/mol. The Morgan fingerprint density at radius 3 is 1.23 bits per heavy atom. The van der Waals surface area contributed by atoms with Crippen LogP contribution in [0.1, 0.15) is 245 Å². The monoisotopic (exact) mass is 873 g/mol. The molecule has 0 aromatic rings. The van der Waals surface area contributed by atoms with Gasteiger partial charge < -0.3 is 18.9 Å². The summed E-state index contributed by atoms with van der Waals surface area (Å²) in [4.78, 5) is 35.1. The summed E-state index contributed by atoms with van der Waals surface area (Å²) in [6.45, 7) is 4.36. The maximum atomic E-state index is 12.7. The third-order valence-corrected chi connectivity index (χ3v) is 12.3. The van der Waals surface area contributed by atoms with Crippen molar-refractivity contribution in [2.24, 2.45) is 0 Å². The van der Waals surface area contributed by atoms with E-state index in [2.05, 4.69) is 26.0 Å². The third kappa shape index (κ3) is 46.3. The lowest BCUT2D eigenvalue weighted by atomic mass is 10.0. The molecule has 0 spiro atoms. The summed E-state index contributed by atoms with van der Waals surface area (Å²) < 4.78 is 34.1. The second-order valence-corrected chi connectivity index (χ2v) is 20.0. The zero-order chi connectivity index (χ0) is 44.3. The highest BCUT2D eigenvalue weighted by molar-refractivity contribution is 7.47. The van der Waals surface area contributed by atoms with Crippen LogP contribution < -0.4 is 0 Å². The fourth-order valence-electron chi connectivity index (χ4n) is 7.31. The largest absolute Gasteiger partial charge is 0.472 e. The number of rotatable bonds is 47. The van der Waals surface area contributed by atoms with Crippen LogP contribution in [0.15, 0.2) is 12.2 Å². The molecule has 0 fully saturated rings. The van der Waals surface area contributed by atoms with E-state index in [-0.39, 0.29) is 32.0 Å². The Balaban J connectivity index is 3.84. The van der Waals surface area contributed by atoms with Crippen molar-refractivity contribution in [3.05, 3.63) is 12.2 Å². The molecule has 0 aliphatic carbocycles. The summed E-state index contributed by atoms with van der Waals surface area (Å²) in [5.74, 6) is -0.801. The number of hydrogen-bond acceptors (Lipinski definition) is 7. The Morgan fingerprint density at radius 1 is 0.500 bits per heavy atom. The molecule has 10 heteroatoms. The summed E-state index contributed by atoms with van der Waals surface area (Å²) in [5.41, 5.74) is 0. The van der Waals surface area contributed by atoms with E-state index in [1.165, 1.54) is 167 Å². The van der Waals surface area contributed by atoms with Crippen LogP contribution in [0.3, 0.4) is 0 Å². The molecule has 0 bridgehead atoms. The van der Waals surface area contributed by atoms with Gasteiger partial charge in [0, 0.05) is 12.8 Å². The SMILES string of the molecule is CCCCCCCCCC/C=C\CCCCCCCCCCCCCCCCCCCCCC(=O)OC(COC(=O)CCCCCCC)COP(=O)(O)OCC[N+](C)(C)C. The summed E-state index contributed by atoms with van der Waals surface area (Å²) in [5, 5.41) is 0. The van der Waals surface area contributed by atoms with E-state index in [0.29, 0.717) is 17.4 Å². The van der Waals surface area contributed by atoms with Gasteiger partial charge in [-0.15, -0.1) is 0 Å². The van der Waals surface area contributed by atoms with Crippen molar-refractivity contribution in [3.63, 3.8) is 0 Å². The molecule has 0 heterocycles. The van der Waals surface area contributed by atoms with Gasteiger partial charge in [0.2, 0.25) is 0 Å². The van der Waals surface area contributed by atoms with Gasteiger partial charge in [-0.05, 0) is 38.5 Å². The van der Waals surface area contributed by atoms with Gasteiger partial charge >= 0.3 is 19.8 Å². The first-order valence-corrected chi connectivity index (χ1v) is 26.9. The fraction of sp³-hybridized carbons (Fsp3) is 0.920. The van der Waals surface area contributed by atoms with Crippen LogP contribution in [0.25, 0.3) is 0 Å². The highest BCUT2D eigenvalue weighted by atomic mass is 31.2. The van der Waals surface area contributed by atoms with Crippen LogP contribution in [0, 0.1) is 0 Å². The minimum atomic E-state index is -4.36. The predicted molar refractivity (Wildman–Crippen MR) is 252 cm³/mol. The molecule has 0 amide bonds. The minimum absolute atomic E-state index is 0.0351. The van der Waals surface area contributed by atoms with Crippen molar-refractivity contribution in [3.8, 4) is 0 Å². The van der Waals surface area contributed by atoms with Gasteiger partial charge in [-0.3, -0.25) is 18.6 Å². The maximum absolute atomic E-state index is 12.7. The number of hydrogen-bond donors (Lipinski definition) is 1. The number of phosphoric acid groups is 1. The quantitative estimate of drug-likeness (QED) is 0.0212. The molecular weight excluding hydrogens is 774 g/mol. The topological polar surface area (TPSA) is 108 Å². The van der Waals surface area contributed by atoms with Gasteiger partial charge in [-0.2, -0.15) is 0 Å². The molecule has 1 N–H and O–H groups in total. The highest BCUT2D eigenvalue weighted by Gasteiger charge is 2.27. The number of quaternary nitrogens is 1. The molecule has 0 aromatic carbocycles. The number of carbonyl (C=O) groups is 2. The smallest absolute Gasteiger partial charge is 0.462 e. The first-order valence-electron chi connectivity index (χ1n) is 25.4. The van der Waals surface area contributed by atoms with Gasteiger partial charge in [0.1, 0.15) is 19.8 Å². The number of esters is 2. The van der Waals surface area contributed by atoms with Crippen LogP contribution in [-0.2, 0) is 32.7 Å². The predicted octanol–water partition coefficient (Wildman–Crippen LogP) is 14.9. The second kappa shape index (κ2) is 43.0.